The summed E-state index contributed by atoms with van der Waals surface area (Å²) in [5.41, 5.74) is 3.35. The quantitative estimate of drug-likeness (QED) is 0.647. The molecule has 0 fully saturated rings. The van der Waals surface area contributed by atoms with Gasteiger partial charge in [0, 0.05) is 22.8 Å². The number of esters is 1. The molecule has 1 N–H and O–H groups in total. The number of rotatable bonds is 6. The van der Waals surface area contributed by atoms with Gasteiger partial charge in [0.25, 0.3) is 0 Å². The van der Waals surface area contributed by atoms with Gasteiger partial charge in [0.1, 0.15) is 5.92 Å². The van der Waals surface area contributed by atoms with Crippen molar-refractivity contribution in [2.24, 2.45) is 5.92 Å². The fourth-order valence-corrected chi connectivity index (χ4v) is 2.54. The van der Waals surface area contributed by atoms with Crippen LogP contribution in [0, 0.1) is 36.5 Å². The Bertz CT molecular complexity index is 838. The number of nitrogens with zero attached hydrogens (tertiary/aromatic N) is 2. The van der Waals surface area contributed by atoms with E-state index in [-0.39, 0.29) is 5.71 Å². The molecular weight excluding hydrogens is 318 g/mol. The number of ketones is 1. The molecule has 128 valence electrons. The highest BCUT2D eigenvalue weighted by Crippen LogP contribution is 2.17. The van der Waals surface area contributed by atoms with Gasteiger partial charge < -0.3 is 14.7 Å². The van der Waals surface area contributed by atoms with Crippen molar-refractivity contribution in [2.75, 3.05) is 6.61 Å². The van der Waals surface area contributed by atoms with E-state index in [2.05, 4.69) is 4.57 Å². The number of ether oxygens (including phenoxy) is 1. The number of nitrogens with one attached hydrogen (secondary N) is 1. The van der Waals surface area contributed by atoms with Crippen molar-refractivity contribution in [1.29, 1.82) is 10.7 Å². The van der Waals surface area contributed by atoms with Gasteiger partial charge in [-0.15, -0.1) is 0 Å². The molecular formula is C19H19N3O3. The summed E-state index contributed by atoms with van der Waals surface area (Å²) in [6.45, 7) is 4.85. The van der Waals surface area contributed by atoms with Gasteiger partial charge in [-0.1, -0.05) is 0 Å². The minimum absolute atomic E-state index is 0.0645. The second-order valence-corrected chi connectivity index (χ2v) is 5.79. The maximum Gasteiger partial charge on any atom is 0.338 e. The van der Waals surface area contributed by atoms with Crippen LogP contribution in [0.3, 0.4) is 0 Å². The average molecular weight is 337 g/mol. The number of carbonyl (C=O) groups is 2. The smallest absolute Gasteiger partial charge is 0.338 e. The summed E-state index contributed by atoms with van der Waals surface area (Å²) in [6, 6.07) is 12.6. The van der Waals surface area contributed by atoms with Crippen LogP contribution in [0.25, 0.3) is 5.69 Å². The molecule has 0 saturated heterocycles. The van der Waals surface area contributed by atoms with Crippen molar-refractivity contribution in [1.82, 2.24) is 4.57 Å². The molecule has 6 heteroatoms. The summed E-state index contributed by atoms with van der Waals surface area (Å²) in [7, 11) is 0. The van der Waals surface area contributed by atoms with E-state index in [9.17, 15) is 9.59 Å². The van der Waals surface area contributed by atoms with Crippen molar-refractivity contribution in [3.63, 3.8) is 0 Å². The monoisotopic (exact) mass is 337 g/mol. The van der Waals surface area contributed by atoms with Crippen LogP contribution in [0.1, 0.15) is 28.7 Å². The third-order valence-corrected chi connectivity index (χ3v) is 3.86. The van der Waals surface area contributed by atoms with Gasteiger partial charge in [0.15, 0.2) is 12.4 Å². The third kappa shape index (κ3) is 4.01. The minimum atomic E-state index is -1.17. The molecule has 1 atom stereocenters. The first-order valence-corrected chi connectivity index (χ1v) is 7.75. The lowest BCUT2D eigenvalue weighted by Gasteiger charge is -2.11. The van der Waals surface area contributed by atoms with E-state index < -0.39 is 24.3 Å². The lowest BCUT2D eigenvalue weighted by Crippen LogP contribution is -2.25. The highest BCUT2D eigenvalue weighted by atomic mass is 16.5. The Morgan fingerprint density at radius 2 is 1.72 bits per heavy atom. The van der Waals surface area contributed by atoms with E-state index in [1.807, 2.05) is 26.0 Å². The molecule has 0 amide bonds. The standard InChI is InChI=1S/C19H19N3O3/c1-12-4-5-13(2)22(12)16-8-6-15(7-9-16)19(24)25-11-18(23)17(10-20)14(3)21/h4-9,17,21H,11H2,1-3H3/t17-/m1/s1. The third-order valence-electron chi connectivity index (χ3n) is 3.86. The van der Waals surface area contributed by atoms with Crippen molar-refractivity contribution in [3.05, 3.63) is 53.3 Å². The second kappa shape index (κ2) is 7.58. The topological polar surface area (TPSA) is 95.9 Å². The first kappa shape index (κ1) is 18.1. The maximum atomic E-state index is 12.0. The molecule has 1 aromatic carbocycles. The lowest BCUT2D eigenvalue weighted by atomic mass is 10.0. The highest BCUT2D eigenvalue weighted by Gasteiger charge is 2.21. The predicted molar refractivity (Wildman–Crippen MR) is 93.0 cm³/mol. The largest absolute Gasteiger partial charge is 0.454 e. The molecule has 0 bridgehead atoms. The Morgan fingerprint density at radius 1 is 1.16 bits per heavy atom. The second-order valence-electron chi connectivity index (χ2n) is 5.79. The van der Waals surface area contributed by atoms with Crippen LogP contribution < -0.4 is 0 Å². The molecule has 1 aromatic heterocycles. The first-order valence-electron chi connectivity index (χ1n) is 7.75. The summed E-state index contributed by atoms with van der Waals surface area (Å²) < 4.78 is 7.02. The zero-order valence-corrected chi connectivity index (χ0v) is 14.4. The van der Waals surface area contributed by atoms with Crippen molar-refractivity contribution in [3.8, 4) is 11.8 Å². The van der Waals surface area contributed by atoms with Crippen LogP contribution in [-0.2, 0) is 9.53 Å². The summed E-state index contributed by atoms with van der Waals surface area (Å²) in [4.78, 5) is 23.8. The first-order chi connectivity index (χ1) is 11.8. The minimum Gasteiger partial charge on any atom is -0.454 e. The van der Waals surface area contributed by atoms with Gasteiger partial charge >= 0.3 is 5.97 Å². The van der Waals surface area contributed by atoms with Gasteiger partial charge in [-0.2, -0.15) is 5.26 Å². The van der Waals surface area contributed by atoms with Gasteiger partial charge in [0.05, 0.1) is 11.6 Å². The van der Waals surface area contributed by atoms with Crippen LogP contribution in [0.5, 0.6) is 0 Å². The summed E-state index contributed by atoms with van der Waals surface area (Å²) in [5, 5.41) is 16.2. The Hall–Kier alpha value is -3.20. The average Bonchev–Trinajstić information content (AvgIpc) is 2.92. The van der Waals surface area contributed by atoms with Gasteiger partial charge in [-0.3, -0.25) is 4.79 Å². The van der Waals surface area contributed by atoms with E-state index in [1.165, 1.54) is 6.92 Å². The SMILES string of the molecule is CC(=N)[C@@H](C#N)C(=O)COC(=O)c1ccc(-n2c(C)ccc2C)cc1. The summed E-state index contributed by atoms with van der Waals surface area (Å²) in [5.74, 6) is -2.41. The maximum absolute atomic E-state index is 12.0. The molecule has 0 unspecified atom stereocenters. The zero-order valence-electron chi connectivity index (χ0n) is 14.4. The Morgan fingerprint density at radius 3 is 2.20 bits per heavy atom. The Kier molecular flexibility index (Phi) is 5.50. The number of aromatic nitrogens is 1. The molecule has 0 radical (unpaired) electrons. The van der Waals surface area contributed by atoms with Crippen LogP contribution in [-0.4, -0.2) is 28.6 Å². The van der Waals surface area contributed by atoms with Gasteiger partial charge in [-0.25, -0.2) is 4.79 Å². The number of aryl methyl sites for hydroxylation is 2. The van der Waals surface area contributed by atoms with E-state index in [1.54, 1.807) is 30.3 Å². The molecule has 6 nitrogen and oxygen atoms in total. The van der Waals surface area contributed by atoms with E-state index in [0.29, 0.717) is 5.56 Å². The fraction of sp³-hybridized carbons (Fsp3) is 0.263. The number of benzene rings is 1. The Balaban J connectivity index is 2.05. The fourth-order valence-electron chi connectivity index (χ4n) is 2.54. The van der Waals surface area contributed by atoms with E-state index >= 15 is 0 Å². The molecule has 0 spiro atoms. The normalized spacial score (nSPS) is 11.4. The van der Waals surface area contributed by atoms with Crippen molar-refractivity contribution in [2.45, 2.75) is 20.8 Å². The summed E-state index contributed by atoms with van der Waals surface area (Å²) in [6.07, 6.45) is 0. The number of hydrogen-bond donors (Lipinski definition) is 1. The van der Waals surface area contributed by atoms with E-state index in [0.717, 1.165) is 17.1 Å². The lowest BCUT2D eigenvalue weighted by molar-refractivity contribution is -0.122. The predicted octanol–water partition coefficient (Wildman–Crippen LogP) is 3.00. The Labute approximate surface area is 146 Å². The van der Waals surface area contributed by atoms with E-state index in [4.69, 9.17) is 15.4 Å². The molecule has 2 rings (SSSR count). The van der Waals surface area contributed by atoms with Gasteiger partial charge in [0.2, 0.25) is 0 Å². The number of carbonyl (C=O) groups excluding carboxylic acids is 2. The molecule has 1 heterocycles. The molecule has 0 aliphatic rings. The van der Waals surface area contributed by atoms with Crippen LogP contribution >= 0.6 is 0 Å². The number of nitriles is 1. The zero-order chi connectivity index (χ0) is 18.6. The summed E-state index contributed by atoms with van der Waals surface area (Å²) >= 11 is 0. The highest BCUT2D eigenvalue weighted by molar-refractivity contribution is 6.06. The molecule has 0 saturated carbocycles. The van der Waals surface area contributed by atoms with Crippen LogP contribution in [0.2, 0.25) is 0 Å². The molecule has 2 aromatic rings. The van der Waals surface area contributed by atoms with Crippen molar-refractivity contribution >= 4 is 17.5 Å². The number of Topliss-reactive ketones (excluding diaryl/α,β-unsaturated/α-hetero) is 1. The van der Waals surface area contributed by atoms with Crippen LogP contribution in [0.4, 0.5) is 0 Å². The van der Waals surface area contributed by atoms with Gasteiger partial charge in [-0.05, 0) is 57.2 Å². The van der Waals surface area contributed by atoms with Crippen molar-refractivity contribution < 1.29 is 14.3 Å². The van der Waals surface area contributed by atoms with Crippen LogP contribution in [0.15, 0.2) is 36.4 Å². The molecule has 0 aliphatic heterocycles. The molecule has 25 heavy (non-hydrogen) atoms. The number of hydrogen-bond acceptors (Lipinski definition) is 5. The molecule has 0 aliphatic carbocycles.